The highest BCUT2D eigenvalue weighted by Gasteiger charge is 2.19. The summed E-state index contributed by atoms with van der Waals surface area (Å²) in [6.07, 6.45) is 10.7. The summed E-state index contributed by atoms with van der Waals surface area (Å²) < 4.78 is 2.11. The Labute approximate surface area is 182 Å². The Morgan fingerprint density at radius 1 is 1.23 bits per heavy atom. The molecule has 0 bridgehead atoms. The molecule has 0 amide bonds. The lowest BCUT2D eigenvalue weighted by Gasteiger charge is -2.19. The van der Waals surface area contributed by atoms with Gasteiger partial charge < -0.3 is 15.6 Å². The Bertz CT molecular complexity index is 1120. The first-order valence-electron chi connectivity index (χ1n) is 10.3. The van der Waals surface area contributed by atoms with Crippen molar-refractivity contribution >= 4 is 28.7 Å². The molecule has 3 aromatic rings. The number of aromatic nitrogens is 4. The number of imidazole rings is 1. The number of terminal acetylenes is 1. The van der Waals surface area contributed by atoms with Gasteiger partial charge in [-0.1, -0.05) is 38.5 Å². The first kappa shape index (κ1) is 20.7. The van der Waals surface area contributed by atoms with Crippen LogP contribution in [0.1, 0.15) is 43.9 Å². The predicted molar refractivity (Wildman–Crippen MR) is 123 cm³/mol. The molecule has 1 aliphatic rings. The quantitative estimate of drug-likeness (QED) is 0.468. The van der Waals surface area contributed by atoms with Crippen molar-refractivity contribution in [1.29, 1.82) is 0 Å². The molecule has 156 valence electrons. The second-order valence-corrected chi connectivity index (χ2v) is 9.94. The predicted octanol–water partition coefficient (Wildman–Crippen LogP) is 3.67. The molecule has 3 N–H and O–H groups in total. The molecule has 0 aliphatic heterocycles. The van der Waals surface area contributed by atoms with Gasteiger partial charge in [0.25, 0.3) is 0 Å². The summed E-state index contributed by atoms with van der Waals surface area (Å²) in [5.41, 5.74) is 11.4. The zero-order valence-electron chi connectivity index (χ0n) is 17.8. The number of hydrogen-bond acceptors (Lipinski definition) is 6. The lowest BCUT2D eigenvalue weighted by molar-refractivity contribution is 0.375. The molecule has 0 unspecified atom stereocenters. The zero-order chi connectivity index (χ0) is 21.3. The summed E-state index contributed by atoms with van der Waals surface area (Å²) in [5, 5.41) is 4.36. The van der Waals surface area contributed by atoms with Crippen molar-refractivity contribution < 1.29 is 0 Å². The van der Waals surface area contributed by atoms with Gasteiger partial charge >= 0.3 is 0 Å². The normalized spacial score (nSPS) is 13.5. The molecule has 0 atom stereocenters. The highest BCUT2D eigenvalue weighted by atomic mass is 32.2. The van der Waals surface area contributed by atoms with E-state index >= 15 is 0 Å². The second-order valence-electron chi connectivity index (χ2n) is 8.93. The number of fused-ring (bicyclic) bond motifs is 2. The number of nitrogens with zero attached hydrogens (tertiary/aromatic N) is 4. The van der Waals surface area contributed by atoms with Crippen LogP contribution in [0.5, 0.6) is 0 Å². The summed E-state index contributed by atoms with van der Waals surface area (Å²) >= 11 is 1.59. The lowest BCUT2D eigenvalue weighted by Crippen LogP contribution is -2.29. The third kappa shape index (κ3) is 4.30. The standard InChI is InChI=1S/C23H28N6S/c1-5-15-11-16-7-6-8-17(16)12-18(15)30-22-28-19-20(24)26-14-27-21(19)29(22)10-9-25-13-23(2,3)4/h1,11-12,14,25H,6-10,13H2,2-4H3,(H2,24,26,27). The van der Waals surface area contributed by atoms with E-state index in [9.17, 15) is 0 Å². The van der Waals surface area contributed by atoms with Crippen molar-refractivity contribution in [2.75, 3.05) is 18.8 Å². The fraction of sp³-hybridized carbons (Fsp3) is 0.435. The molecule has 2 heterocycles. The lowest BCUT2D eigenvalue weighted by atomic mass is 9.97. The van der Waals surface area contributed by atoms with E-state index in [-0.39, 0.29) is 5.41 Å². The van der Waals surface area contributed by atoms with Crippen molar-refractivity contribution in [3.63, 3.8) is 0 Å². The van der Waals surface area contributed by atoms with Crippen molar-refractivity contribution in [1.82, 2.24) is 24.8 Å². The van der Waals surface area contributed by atoms with E-state index in [1.54, 1.807) is 11.8 Å². The number of benzene rings is 1. The first-order chi connectivity index (χ1) is 14.4. The maximum atomic E-state index is 6.09. The van der Waals surface area contributed by atoms with Crippen LogP contribution in [-0.2, 0) is 19.4 Å². The summed E-state index contributed by atoms with van der Waals surface area (Å²) in [5.74, 6) is 3.25. The van der Waals surface area contributed by atoms with Crippen molar-refractivity contribution in [2.45, 2.75) is 56.6 Å². The number of anilines is 1. The Hall–Kier alpha value is -2.56. The average molecular weight is 421 g/mol. The molecule has 2 aromatic heterocycles. The largest absolute Gasteiger partial charge is 0.382 e. The zero-order valence-corrected chi connectivity index (χ0v) is 18.6. The first-order valence-corrected chi connectivity index (χ1v) is 11.1. The van der Waals surface area contributed by atoms with Crippen molar-refractivity contribution in [3.8, 4) is 12.3 Å². The van der Waals surface area contributed by atoms with Crippen LogP contribution in [0.2, 0.25) is 0 Å². The maximum absolute atomic E-state index is 6.09. The van der Waals surface area contributed by atoms with Crippen molar-refractivity contribution in [3.05, 3.63) is 35.2 Å². The number of nitrogen functional groups attached to an aromatic ring is 1. The van der Waals surface area contributed by atoms with Crippen LogP contribution in [0.4, 0.5) is 5.82 Å². The van der Waals surface area contributed by atoms with E-state index in [2.05, 4.69) is 58.7 Å². The van der Waals surface area contributed by atoms with Crippen LogP contribution in [0.15, 0.2) is 28.5 Å². The van der Waals surface area contributed by atoms with Gasteiger partial charge in [-0.05, 0) is 47.9 Å². The van der Waals surface area contributed by atoms with Crippen LogP contribution in [0.3, 0.4) is 0 Å². The van der Waals surface area contributed by atoms with Gasteiger partial charge in [-0.2, -0.15) is 0 Å². The molecule has 30 heavy (non-hydrogen) atoms. The minimum Gasteiger partial charge on any atom is -0.382 e. The van der Waals surface area contributed by atoms with E-state index in [0.29, 0.717) is 11.3 Å². The summed E-state index contributed by atoms with van der Waals surface area (Å²) in [6.45, 7) is 9.14. The molecular formula is C23H28N6S. The Morgan fingerprint density at radius 3 is 2.73 bits per heavy atom. The van der Waals surface area contributed by atoms with E-state index in [4.69, 9.17) is 17.1 Å². The minimum absolute atomic E-state index is 0.229. The molecule has 0 saturated heterocycles. The van der Waals surface area contributed by atoms with Gasteiger partial charge in [0.2, 0.25) is 0 Å². The van der Waals surface area contributed by atoms with Gasteiger partial charge in [-0.3, -0.25) is 0 Å². The topological polar surface area (TPSA) is 81.7 Å². The number of rotatable bonds is 6. The molecule has 6 nitrogen and oxygen atoms in total. The van der Waals surface area contributed by atoms with Gasteiger partial charge in [0.1, 0.15) is 6.33 Å². The molecule has 0 spiro atoms. The number of nitrogens with two attached hydrogens (primary N) is 1. The SMILES string of the molecule is C#Cc1cc2c(cc1Sc1nc3c(N)ncnc3n1CCNCC(C)(C)C)CCC2. The van der Waals surface area contributed by atoms with Gasteiger partial charge in [-0.15, -0.1) is 6.42 Å². The van der Waals surface area contributed by atoms with E-state index in [0.717, 1.165) is 53.7 Å². The average Bonchev–Trinajstić information content (AvgIpc) is 3.29. The smallest absolute Gasteiger partial charge is 0.175 e. The Kier molecular flexibility index (Phi) is 5.72. The summed E-state index contributed by atoms with van der Waals surface area (Å²) in [7, 11) is 0. The fourth-order valence-electron chi connectivity index (χ4n) is 3.76. The molecule has 4 rings (SSSR count). The Balaban J connectivity index is 1.67. The Morgan fingerprint density at radius 2 is 2.00 bits per heavy atom. The third-order valence-electron chi connectivity index (χ3n) is 5.24. The van der Waals surface area contributed by atoms with Crippen LogP contribution in [-0.4, -0.2) is 32.6 Å². The molecule has 7 heteroatoms. The van der Waals surface area contributed by atoms with E-state index < -0.39 is 0 Å². The molecule has 1 aliphatic carbocycles. The van der Waals surface area contributed by atoms with Crippen molar-refractivity contribution in [2.24, 2.45) is 5.41 Å². The van der Waals surface area contributed by atoms with Crippen LogP contribution >= 0.6 is 11.8 Å². The van der Waals surface area contributed by atoms with Crippen LogP contribution in [0, 0.1) is 17.8 Å². The number of nitrogens with one attached hydrogen (secondary N) is 1. The summed E-state index contributed by atoms with van der Waals surface area (Å²) in [4.78, 5) is 14.4. The number of hydrogen-bond donors (Lipinski definition) is 2. The minimum atomic E-state index is 0.229. The highest BCUT2D eigenvalue weighted by Crippen LogP contribution is 2.36. The van der Waals surface area contributed by atoms with E-state index in [1.165, 1.54) is 23.9 Å². The van der Waals surface area contributed by atoms with E-state index in [1.807, 2.05) is 0 Å². The number of aryl methyl sites for hydroxylation is 2. The van der Waals surface area contributed by atoms with Gasteiger partial charge in [0, 0.05) is 30.1 Å². The van der Waals surface area contributed by atoms with Gasteiger partial charge in [0.15, 0.2) is 22.1 Å². The fourth-order valence-corrected chi connectivity index (χ4v) is 4.82. The van der Waals surface area contributed by atoms with Gasteiger partial charge in [0.05, 0.1) is 0 Å². The molecular weight excluding hydrogens is 392 g/mol. The van der Waals surface area contributed by atoms with Gasteiger partial charge in [-0.25, -0.2) is 15.0 Å². The molecule has 0 radical (unpaired) electrons. The summed E-state index contributed by atoms with van der Waals surface area (Å²) in [6, 6.07) is 4.40. The highest BCUT2D eigenvalue weighted by molar-refractivity contribution is 7.99. The van der Waals surface area contributed by atoms with Crippen LogP contribution in [0.25, 0.3) is 11.2 Å². The molecule has 1 aromatic carbocycles. The monoisotopic (exact) mass is 420 g/mol. The third-order valence-corrected chi connectivity index (χ3v) is 6.30. The maximum Gasteiger partial charge on any atom is 0.175 e. The molecule has 0 fully saturated rings. The molecule has 0 saturated carbocycles. The van der Waals surface area contributed by atoms with Crippen LogP contribution < -0.4 is 11.1 Å². The second kappa shape index (κ2) is 8.29.